The van der Waals surface area contributed by atoms with Gasteiger partial charge in [-0.15, -0.1) is 11.8 Å². The Balaban J connectivity index is 3.22. The van der Waals surface area contributed by atoms with Gasteiger partial charge in [0.1, 0.15) is 5.75 Å². The molecule has 0 bridgehead atoms. The summed E-state index contributed by atoms with van der Waals surface area (Å²) in [7, 11) is 0. The van der Waals surface area contributed by atoms with Crippen LogP contribution in [0.5, 0.6) is 5.75 Å². The number of hydrogen-bond donors (Lipinski definition) is 0. The molecule has 1 aromatic rings. The van der Waals surface area contributed by atoms with E-state index >= 15 is 0 Å². The Kier molecular flexibility index (Phi) is 6.25. The van der Waals surface area contributed by atoms with E-state index in [-0.39, 0.29) is 0 Å². The largest absolute Gasteiger partial charge is 0.493 e. The van der Waals surface area contributed by atoms with Gasteiger partial charge in [0, 0.05) is 10.9 Å². The molecule has 1 nitrogen and oxygen atoms in total. The van der Waals surface area contributed by atoms with E-state index in [9.17, 15) is 0 Å². The van der Waals surface area contributed by atoms with Crippen LogP contribution in [0.15, 0.2) is 12.1 Å². The van der Waals surface area contributed by atoms with Crippen LogP contribution in [0.4, 0.5) is 0 Å². The quantitative estimate of drug-likeness (QED) is 0.684. The van der Waals surface area contributed by atoms with Crippen molar-refractivity contribution in [2.45, 2.75) is 47.0 Å². The lowest BCUT2D eigenvalue weighted by atomic mass is 9.94. The summed E-state index contributed by atoms with van der Waals surface area (Å²) >= 11 is 6.24. The van der Waals surface area contributed by atoms with Crippen molar-refractivity contribution in [1.82, 2.24) is 0 Å². The van der Waals surface area contributed by atoms with E-state index in [0.717, 1.165) is 22.8 Å². The SMILES string of the molecule is CC#CC(C)Cc1cc(Cl)cc(C(C)C)c1OCC. The summed E-state index contributed by atoms with van der Waals surface area (Å²) in [6.45, 7) is 11.0. The Morgan fingerprint density at radius 1 is 1.26 bits per heavy atom. The number of hydrogen-bond acceptors (Lipinski definition) is 1. The van der Waals surface area contributed by atoms with Crippen LogP contribution in [0, 0.1) is 17.8 Å². The highest BCUT2D eigenvalue weighted by atomic mass is 35.5. The lowest BCUT2D eigenvalue weighted by molar-refractivity contribution is 0.330. The normalized spacial score (nSPS) is 11.9. The van der Waals surface area contributed by atoms with Crippen molar-refractivity contribution in [3.8, 4) is 17.6 Å². The number of benzene rings is 1. The molecule has 0 N–H and O–H groups in total. The van der Waals surface area contributed by atoms with Crippen LogP contribution in [0.1, 0.15) is 51.7 Å². The summed E-state index contributed by atoms with van der Waals surface area (Å²) in [5.41, 5.74) is 2.34. The van der Waals surface area contributed by atoms with Crippen LogP contribution in [-0.4, -0.2) is 6.61 Å². The average molecular weight is 279 g/mol. The number of rotatable bonds is 5. The van der Waals surface area contributed by atoms with Crippen molar-refractivity contribution in [2.24, 2.45) is 5.92 Å². The van der Waals surface area contributed by atoms with Crippen molar-refractivity contribution in [1.29, 1.82) is 0 Å². The Bertz CT molecular complexity index is 480. The number of ether oxygens (including phenoxy) is 1. The summed E-state index contributed by atoms with van der Waals surface area (Å²) in [6, 6.07) is 4.02. The third-order valence-corrected chi connectivity index (χ3v) is 3.21. The fraction of sp³-hybridized carbons (Fsp3) is 0.529. The average Bonchev–Trinajstić information content (AvgIpc) is 2.32. The van der Waals surface area contributed by atoms with Gasteiger partial charge in [-0.1, -0.05) is 32.4 Å². The van der Waals surface area contributed by atoms with Gasteiger partial charge in [0.2, 0.25) is 0 Å². The maximum absolute atomic E-state index is 6.24. The zero-order chi connectivity index (χ0) is 14.4. The summed E-state index contributed by atoms with van der Waals surface area (Å²) < 4.78 is 5.86. The molecule has 2 heteroatoms. The molecule has 0 saturated heterocycles. The smallest absolute Gasteiger partial charge is 0.126 e. The van der Waals surface area contributed by atoms with Gasteiger partial charge in [-0.05, 0) is 49.4 Å². The molecule has 0 radical (unpaired) electrons. The summed E-state index contributed by atoms with van der Waals surface area (Å²) in [6.07, 6.45) is 0.871. The molecule has 104 valence electrons. The van der Waals surface area contributed by atoms with Gasteiger partial charge >= 0.3 is 0 Å². The molecule has 1 atom stereocenters. The Labute approximate surface area is 122 Å². The zero-order valence-corrected chi connectivity index (χ0v) is 13.3. The van der Waals surface area contributed by atoms with Crippen molar-refractivity contribution in [2.75, 3.05) is 6.61 Å². The van der Waals surface area contributed by atoms with Gasteiger partial charge in [-0.2, -0.15) is 0 Å². The van der Waals surface area contributed by atoms with Gasteiger partial charge in [0.05, 0.1) is 6.61 Å². The molecule has 0 aliphatic rings. The summed E-state index contributed by atoms with van der Waals surface area (Å²) in [5.74, 6) is 7.85. The Morgan fingerprint density at radius 3 is 2.47 bits per heavy atom. The van der Waals surface area contributed by atoms with Crippen LogP contribution < -0.4 is 4.74 Å². The van der Waals surface area contributed by atoms with Crippen molar-refractivity contribution in [3.05, 3.63) is 28.3 Å². The lowest BCUT2D eigenvalue weighted by Crippen LogP contribution is -2.05. The maximum Gasteiger partial charge on any atom is 0.126 e. The minimum absolute atomic E-state index is 0.308. The van der Waals surface area contributed by atoms with E-state index < -0.39 is 0 Å². The van der Waals surface area contributed by atoms with E-state index in [1.165, 1.54) is 5.56 Å². The molecule has 0 fully saturated rings. The van der Waals surface area contributed by atoms with Crippen molar-refractivity contribution < 1.29 is 4.74 Å². The second kappa shape index (κ2) is 7.46. The summed E-state index contributed by atoms with van der Waals surface area (Å²) in [5, 5.41) is 0.777. The minimum atomic E-state index is 0.308. The van der Waals surface area contributed by atoms with E-state index in [1.54, 1.807) is 0 Å². The molecule has 0 aromatic heterocycles. The lowest BCUT2D eigenvalue weighted by Gasteiger charge is -2.19. The molecule has 0 amide bonds. The molecule has 0 saturated carbocycles. The van der Waals surface area contributed by atoms with Crippen LogP contribution in [0.3, 0.4) is 0 Å². The zero-order valence-electron chi connectivity index (χ0n) is 12.5. The Morgan fingerprint density at radius 2 is 1.95 bits per heavy atom. The number of halogens is 1. The van der Waals surface area contributed by atoms with Crippen LogP contribution in [-0.2, 0) is 6.42 Å². The van der Waals surface area contributed by atoms with Crippen LogP contribution in [0.2, 0.25) is 5.02 Å². The predicted octanol–water partition coefficient (Wildman–Crippen LogP) is 5.06. The van der Waals surface area contributed by atoms with Crippen LogP contribution >= 0.6 is 11.6 Å². The molecule has 0 heterocycles. The van der Waals surface area contributed by atoms with E-state index in [0.29, 0.717) is 18.4 Å². The monoisotopic (exact) mass is 278 g/mol. The Hall–Kier alpha value is -1.13. The molecule has 1 rings (SSSR count). The molecule has 0 aliphatic heterocycles. The first kappa shape index (κ1) is 15.9. The van der Waals surface area contributed by atoms with Crippen molar-refractivity contribution >= 4 is 11.6 Å². The predicted molar refractivity (Wildman–Crippen MR) is 83.0 cm³/mol. The van der Waals surface area contributed by atoms with Crippen LogP contribution in [0.25, 0.3) is 0 Å². The third-order valence-electron chi connectivity index (χ3n) is 2.99. The third kappa shape index (κ3) is 4.48. The maximum atomic E-state index is 6.24. The highest BCUT2D eigenvalue weighted by Gasteiger charge is 2.15. The minimum Gasteiger partial charge on any atom is -0.493 e. The first-order chi connectivity index (χ1) is 8.99. The highest BCUT2D eigenvalue weighted by Crippen LogP contribution is 2.34. The van der Waals surface area contributed by atoms with E-state index in [1.807, 2.05) is 26.0 Å². The molecule has 19 heavy (non-hydrogen) atoms. The molecule has 1 unspecified atom stereocenters. The molecule has 1 aromatic carbocycles. The molecule has 0 spiro atoms. The van der Waals surface area contributed by atoms with Gasteiger partial charge in [0.15, 0.2) is 0 Å². The van der Waals surface area contributed by atoms with E-state index in [4.69, 9.17) is 16.3 Å². The fourth-order valence-corrected chi connectivity index (χ4v) is 2.45. The van der Waals surface area contributed by atoms with Gasteiger partial charge in [0.25, 0.3) is 0 Å². The second-order valence-corrected chi connectivity index (χ2v) is 5.51. The van der Waals surface area contributed by atoms with Gasteiger partial charge in [-0.3, -0.25) is 0 Å². The fourth-order valence-electron chi connectivity index (χ4n) is 2.20. The van der Waals surface area contributed by atoms with Gasteiger partial charge < -0.3 is 4.74 Å². The van der Waals surface area contributed by atoms with Crippen molar-refractivity contribution in [3.63, 3.8) is 0 Å². The highest BCUT2D eigenvalue weighted by molar-refractivity contribution is 6.30. The molecule has 0 aliphatic carbocycles. The second-order valence-electron chi connectivity index (χ2n) is 5.07. The van der Waals surface area contributed by atoms with Gasteiger partial charge in [-0.25, -0.2) is 0 Å². The van der Waals surface area contributed by atoms with E-state index in [2.05, 4.69) is 32.6 Å². The first-order valence-corrected chi connectivity index (χ1v) is 7.24. The standard InChI is InChI=1S/C17H23ClO/c1-6-8-13(5)9-14-10-15(18)11-16(12(3)4)17(14)19-7-2/h10-13H,7,9H2,1-5H3. The topological polar surface area (TPSA) is 9.23 Å². The molecular formula is C17H23ClO. The first-order valence-electron chi connectivity index (χ1n) is 6.86. The summed E-state index contributed by atoms with van der Waals surface area (Å²) in [4.78, 5) is 0. The molecular weight excluding hydrogens is 256 g/mol.